The second-order valence-electron chi connectivity index (χ2n) is 3.60. The van der Waals surface area contributed by atoms with Crippen LogP contribution in [-0.4, -0.2) is 35.1 Å². The molecule has 0 fully saturated rings. The Morgan fingerprint density at radius 3 is 2.44 bits per heavy atom. The van der Waals surface area contributed by atoms with Crippen molar-refractivity contribution in [3.05, 3.63) is 28.2 Å². The Kier molecular flexibility index (Phi) is 5.15. The maximum absolute atomic E-state index is 11.9. The number of hydrogen-bond donors (Lipinski definition) is 2. The summed E-state index contributed by atoms with van der Waals surface area (Å²) in [6.07, 6.45) is 0. The van der Waals surface area contributed by atoms with E-state index in [0.717, 1.165) is 0 Å². The van der Waals surface area contributed by atoms with Gasteiger partial charge >= 0.3 is 12.0 Å². The van der Waals surface area contributed by atoms with Crippen LogP contribution in [0.3, 0.4) is 0 Å². The molecule has 0 heterocycles. The zero-order chi connectivity index (χ0) is 13.7. The molecule has 0 aliphatic rings. The minimum absolute atomic E-state index is 0.0682. The van der Waals surface area contributed by atoms with E-state index >= 15 is 0 Å². The van der Waals surface area contributed by atoms with Gasteiger partial charge in [-0.3, -0.25) is 0 Å². The molecule has 98 valence electrons. The lowest BCUT2D eigenvalue weighted by molar-refractivity contribution is 0.0698. The van der Waals surface area contributed by atoms with E-state index in [1.165, 1.54) is 6.07 Å². The fraction of sp³-hybridized carbons (Fsp3) is 0.333. The van der Waals surface area contributed by atoms with Crippen LogP contribution in [0.4, 0.5) is 10.5 Å². The number of rotatable bonds is 4. The van der Waals surface area contributed by atoms with Gasteiger partial charge in [0.25, 0.3) is 0 Å². The average molecular weight is 315 g/mol. The number of urea groups is 1. The molecule has 2 N–H and O–H groups in total. The zero-order valence-electron chi connectivity index (χ0n) is 10.2. The summed E-state index contributed by atoms with van der Waals surface area (Å²) in [7, 11) is 0. The molecule has 0 radical (unpaired) electrons. The lowest BCUT2D eigenvalue weighted by atomic mass is 10.2. The van der Waals surface area contributed by atoms with Crippen LogP contribution in [-0.2, 0) is 0 Å². The third kappa shape index (κ3) is 3.46. The van der Waals surface area contributed by atoms with Crippen LogP contribution in [0.2, 0.25) is 0 Å². The Morgan fingerprint density at radius 1 is 1.33 bits per heavy atom. The van der Waals surface area contributed by atoms with Crippen LogP contribution in [0.15, 0.2) is 22.7 Å². The molecule has 0 spiro atoms. The molecular formula is C12H15BrN2O3. The molecule has 1 aromatic carbocycles. The van der Waals surface area contributed by atoms with E-state index in [1.807, 2.05) is 13.8 Å². The maximum atomic E-state index is 11.9. The third-order valence-corrected chi connectivity index (χ3v) is 3.00. The van der Waals surface area contributed by atoms with Crippen LogP contribution in [0.5, 0.6) is 0 Å². The van der Waals surface area contributed by atoms with Gasteiger partial charge in [-0.2, -0.15) is 0 Å². The topological polar surface area (TPSA) is 69.6 Å². The van der Waals surface area contributed by atoms with E-state index in [2.05, 4.69) is 21.2 Å². The average Bonchev–Trinajstić information content (AvgIpc) is 2.30. The molecule has 0 saturated heterocycles. The van der Waals surface area contributed by atoms with Gasteiger partial charge in [0, 0.05) is 17.6 Å². The molecule has 0 atom stereocenters. The lowest BCUT2D eigenvalue weighted by Crippen LogP contribution is -2.34. The number of anilines is 1. The van der Waals surface area contributed by atoms with Crippen molar-refractivity contribution in [1.82, 2.24) is 4.90 Å². The van der Waals surface area contributed by atoms with Crippen molar-refractivity contribution >= 4 is 33.6 Å². The van der Waals surface area contributed by atoms with Gasteiger partial charge in [-0.15, -0.1) is 0 Å². The highest BCUT2D eigenvalue weighted by atomic mass is 79.9. The van der Waals surface area contributed by atoms with Crippen molar-refractivity contribution in [2.45, 2.75) is 13.8 Å². The van der Waals surface area contributed by atoms with Gasteiger partial charge in [0.15, 0.2) is 0 Å². The monoisotopic (exact) mass is 314 g/mol. The van der Waals surface area contributed by atoms with Crippen LogP contribution < -0.4 is 5.32 Å². The van der Waals surface area contributed by atoms with E-state index in [-0.39, 0.29) is 17.3 Å². The molecule has 0 aromatic heterocycles. The van der Waals surface area contributed by atoms with Gasteiger partial charge in [0.05, 0.1) is 11.3 Å². The summed E-state index contributed by atoms with van der Waals surface area (Å²) in [5.74, 6) is -1.07. The molecular weight excluding hydrogens is 300 g/mol. The van der Waals surface area contributed by atoms with Crippen LogP contribution >= 0.6 is 15.9 Å². The molecule has 0 bridgehead atoms. The largest absolute Gasteiger partial charge is 0.478 e. The molecule has 0 aliphatic heterocycles. The van der Waals surface area contributed by atoms with Crippen molar-refractivity contribution in [2.24, 2.45) is 0 Å². The summed E-state index contributed by atoms with van der Waals surface area (Å²) in [6, 6.07) is 4.34. The fourth-order valence-corrected chi connectivity index (χ4v) is 1.87. The molecule has 5 nitrogen and oxygen atoms in total. The van der Waals surface area contributed by atoms with Gasteiger partial charge < -0.3 is 15.3 Å². The first kappa shape index (κ1) is 14.5. The SMILES string of the molecule is CCN(CC)C(=O)Nc1cc(Br)ccc1C(=O)O. The first-order valence-electron chi connectivity index (χ1n) is 5.58. The molecule has 6 heteroatoms. The Balaban J connectivity index is 2.99. The van der Waals surface area contributed by atoms with E-state index in [0.29, 0.717) is 17.6 Å². The van der Waals surface area contributed by atoms with Crippen LogP contribution in [0.1, 0.15) is 24.2 Å². The molecule has 0 saturated carbocycles. The number of benzene rings is 1. The first-order chi connectivity index (χ1) is 8.49. The fourth-order valence-electron chi connectivity index (χ4n) is 1.51. The standard InChI is InChI=1S/C12H15BrN2O3/c1-3-15(4-2)12(18)14-10-7-8(13)5-6-9(10)11(16)17/h5-7H,3-4H2,1-2H3,(H,14,18)(H,16,17). The van der Waals surface area contributed by atoms with E-state index < -0.39 is 5.97 Å². The Bertz CT molecular complexity index is 459. The lowest BCUT2D eigenvalue weighted by Gasteiger charge is -2.20. The van der Waals surface area contributed by atoms with E-state index in [9.17, 15) is 9.59 Å². The molecule has 1 rings (SSSR count). The molecule has 1 aromatic rings. The number of carboxylic acid groups (broad SMARTS) is 1. The van der Waals surface area contributed by atoms with Gasteiger partial charge in [-0.1, -0.05) is 15.9 Å². The number of nitrogens with one attached hydrogen (secondary N) is 1. The zero-order valence-corrected chi connectivity index (χ0v) is 11.8. The normalized spacial score (nSPS) is 9.94. The van der Waals surface area contributed by atoms with E-state index in [1.54, 1.807) is 17.0 Å². The smallest absolute Gasteiger partial charge is 0.337 e. The third-order valence-electron chi connectivity index (χ3n) is 2.50. The molecule has 0 unspecified atom stereocenters. The molecule has 0 aliphatic carbocycles. The predicted molar refractivity (Wildman–Crippen MR) is 73.0 cm³/mol. The molecule has 18 heavy (non-hydrogen) atoms. The van der Waals surface area contributed by atoms with Crippen molar-refractivity contribution in [3.63, 3.8) is 0 Å². The number of nitrogens with zero attached hydrogens (tertiary/aromatic N) is 1. The summed E-state index contributed by atoms with van der Waals surface area (Å²) in [4.78, 5) is 24.5. The Morgan fingerprint density at radius 2 is 1.94 bits per heavy atom. The highest BCUT2D eigenvalue weighted by Gasteiger charge is 2.15. The second kappa shape index (κ2) is 6.39. The minimum Gasteiger partial charge on any atom is -0.478 e. The summed E-state index contributed by atoms with van der Waals surface area (Å²) >= 11 is 3.25. The first-order valence-corrected chi connectivity index (χ1v) is 6.37. The quantitative estimate of drug-likeness (QED) is 0.897. The van der Waals surface area contributed by atoms with Crippen molar-refractivity contribution in [2.75, 3.05) is 18.4 Å². The molecule has 2 amide bonds. The predicted octanol–water partition coefficient (Wildman–Crippen LogP) is 3.02. The van der Waals surface area contributed by atoms with Crippen molar-refractivity contribution in [1.29, 1.82) is 0 Å². The van der Waals surface area contributed by atoms with Crippen LogP contribution in [0.25, 0.3) is 0 Å². The number of amides is 2. The number of halogens is 1. The highest BCUT2D eigenvalue weighted by Crippen LogP contribution is 2.22. The summed E-state index contributed by atoms with van der Waals surface area (Å²) in [6.45, 7) is 4.86. The van der Waals surface area contributed by atoms with Gasteiger partial charge in [0.2, 0.25) is 0 Å². The van der Waals surface area contributed by atoms with E-state index in [4.69, 9.17) is 5.11 Å². The van der Waals surface area contributed by atoms with Gasteiger partial charge in [-0.25, -0.2) is 9.59 Å². The Hall–Kier alpha value is -1.56. The number of carbonyl (C=O) groups is 2. The number of carboxylic acids is 1. The van der Waals surface area contributed by atoms with Gasteiger partial charge in [-0.05, 0) is 32.0 Å². The maximum Gasteiger partial charge on any atom is 0.337 e. The van der Waals surface area contributed by atoms with Crippen molar-refractivity contribution in [3.8, 4) is 0 Å². The highest BCUT2D eigenvalue weighted by molar-refractivity contribution is 9.10. The second-order valence-corrected chi connectivity index (χ2v) is 4.51. The summed E-state index contributed by atoms with van der Waals surface area (Å²) in [5.41, 5.74) is 0.354. The summed E-state index contributed by atoms with van der Waals surface area (Å²) in [5, 5.41) is 11.7. The van der Waals surface area contributed by atoms with Crippen LogP contribution in [0, 0.1) is 0 Å². The number of aromatic carboxylic acids is 1. The number of hydrogen-bond acceptors (Lipinski definition) is 2. The summed E-state index contributed by atoms with van der Waals surface area (Å²) < 4.78 is 0.711. The minimum atomic E-state index is -1.07. The Labute approximate surface area is 114 Å². The van der Waals surface area contributed by atoms with Crippen molar-refractivity contribution < 1.29 is 14.7 Å². The van der Waals surface area contributed by atoms with Gasteiger partial charge in [0.1, 0.15) is 0 Å². The number of carbonyl (C=O) groups excluding carboxylic acids is 1.